The van der Waals surface area contributed by atoms with E-state index in [1.165, 1.54) is 0 Å². The summed E-state index contributed by atoms with van der Waals surface area (Å²) in [5.41, 5.74) is 2.10. The van der Waals surface area contributed by atoms with E-state index < -0.39 is 0 Å². The molecular formula is C12H15NO2. The van der Waals surface area contributed by atoms with E-state index in [9.17, 15) is 4.79 Å². The van der Waals surface area contributed by atoms with E-state index in [2.05, 4.69) is 5.32 Å². The van der Waals surface area contributed by atoms with Crippen molar-refractivity contribution >= 4 is 5.78 Å². The summed E-state index contributed by atoms with van der Waals surface area (Å²) in [6, 6.07) is 5.74. The van der Waals surface area contributed by atoms with Gasteiger partial charge in [-0.1, -0.05) is 17.7 Å². The van der Waals surface area contributed by atoms with E-state index in [1.807, 2.05) is 25.1 Å². The molecule has 1 aromatic carbocycles. The molecule has 1 N–H and O–H groups in total. The Morgan fingerprint density at radius 1 is 1.47 bits per heavy atom. The molecule has 1 saturated heterocycles. The molecule has 0 amide bonds. The number of ketones is 1. The van der Waals surface area contributed by atoms with Crippen molar-refractivity contribution in [2.24, 2.45) is 0 Å². The topological polar surface area (TPSA) is 38.3 Å². The summed E-state index contributed by atoms with van der Waals surface area (Å²) < 4.78 is 5.27. The van der Waals surface area contributed by atoms with Gasteiger partial charge in [0.25, 0.3) is 0 Å². The molecule has 0 bridgehead atoms. The van der Waals surface area contributed by atoms with E-state index >= 15 is 0 Å². The molecule has 0 saturated carbocycles. The van der Waals surface area contributed by atoms with E-state index in [-0.39, 0.29) is 11.8 Å². The first-order valence-electron chi connectivity index (χ1n) is 5.13. The first-order chi connectivity index (χ1) is 7.22. The van der Waals surface area contributed by atoms with Crippen molar-refractivity contribution < 1.29 is 9.53 Å². The van der Waals surface area contributed by atoms with Crippen LogP contribution in [0.2, 0.25) is 0 Å². The molecule has 1 aliphatic rings. The number of methoxy groups -OCH3 is 1. The van der Waals surface area contributed by atoms with Gasteiger partial charge >= 0.3 is 0 Å². The zero-order chi connectivity index (χ0) is 10.8. The molecule has 1 heterocycles. The fourth-order valence-corrected chi connectivity index (χ4v) is 1.96. The van der Waals surface area contributed by atoms with E-state index in [4.69, 9.17) is 4.74 Å². The number of hydrogen-bond acceptors (Lipinski definition) is 3. The highest BCUT2D eigenvalue weighted by Gasteiger charge is 2.27. The average molecular weight is 205 g/mol. The van der Waals surface area contributed by atoms with Crippen LogP contribution in [0.1, 0.15) is 23.6 Å². The predicted molar refractivity (Wildman–Crippen MR) is 58.1 cm³/mol. The van der Waals surface area contributed by atoms with Crippen molar-refractivity contribution in [1.82, 2.24) is 5.32 Å². The standard InChI is InChI=1S/C12H15NO2/c1-8-3-4-11(15-2)9(7-8)12-10(14)5-6-13-12/h3-4,7,12-13H,5-6H2,1-2H3. The zero-order valence-corrected chi connectivity index (χ0v) is 9.04. The van der Waals surface area contributed by atoms with Crippen LogP contribution in [0.3, 0.4) is 0 Å². The normalized spacial score (nSPS) is 20.7. The Hall–Kier alpha value is -1.35. The molecule has 3 nitrogen and oxygen atoms in total. The minimum atomic E-state index is -0.181. The fourth-order valence-electron chi connectivity index (χ4n) is 1.96. The van der Waals surface area contributed by atoms with Gasteiger partial charge in [0.2, 0.25) is 0 Å². The van der Waals surface area contributed by atoms with Gasteiger partial charge in [-0.05, 0) is 13.0 Å². The number of Topliss-reactive ketones (excluding diaryl/α,β-unsaturated/α-hetero) is 1. The van der Waals surface area contributed by atoms with Gasteiger partial charge in [-0.25, -0.2) is 0 Å². The van der Waals surface area contributed by atoms with Crippen LogP contribution in [0.4, 0.5) is 0 Å². The second-order valence-electron chi connectivity index (χ2n) is 3.85. The average Bonchev–Trinajstić information content (AvgIpc) is 2.64. The van der Waals surface area contributed by atoms with Crippen LogP contribution in [-0.4, -0.2) is 19.4 Å². The number of benzene rings is 1. The lowest BCUT2D eigenvalue weighted by Gasteiger charge is -2.14. The van der Waals surface area contributed by atoms with E-state index in [0.29, 0.717) is 6.42 Å². The maximum absolute atomic E-state index is 11.6. The van der Waals surface area contributed by atoms with Gasteiger partial charge in [0.05, 0.1) is 13.2 Å². The molecule has 1 atom stereocenters. The summed E-state index contributed by atoms with van der Waals surface area (Å²) >= 11 is 0. The third kappa shape index (κ3) is 1.88. The van der Waals surface area contributed by atoms with Gasteiger partial charge in [-0.3, -0.25) is 4.79 Å². The molecule has 80 valence electrons. The van der Waals surface area contributed by atoms with Crippen LogP contribution >= 0.6 is 0 Å². The molecule has 1 fully saturated rings. The van der Waals surface area contributed by atoms with Crippen molar-refractivity contribution in [3.05, 3.63) is 29.3 Å². The minimum absolute atomic E-state index is 0.181. The Labute approximate surface area is 89.4 Å². The second-order valence-corrected chi connectivity index (χ2v) is 3.85. The maximum atomic E-state index is 11.6. The first-order valence-corrected chi connectivity index (χ1v) is 5.13. The predicted octanol–water partition coefficient (Wildman–Crippen LogP) is 1.61. The molecule has 2 rings (SSSR count). The number of nitrogens with one attached hydrogen (secondary N) is 1. The number of hydrogen-bond donors (Lipinski definition) is 1. The highest BCUT2D eigenvalue weighted by molar-refractivity contribution is 5.88. The summed E-state index contributed by atoms with van der Waals surface area (Å²) in [5.74, 6) is 1.03. The number of carbonyl (C=O) groups is 1. The lowest BCUT2D eigenvalue weighted by Crippen LogP contribution is -2.18. The molecule has 1 unspecified atom stereocenters. The second kappa shape index (κ2) is 4.03. The van der Waals surface area contributed by atoms with Crippen LogP contribution in [0.25, 0.3) is 0 Å². The zero-order valence-electron chi connectivity index (χ0n) is 9.04. The van der Waals surface area contributed by atoms with Gasteiger partial charge in [0.1, 0.15) is 5.75 Å². The van der Waals surface area contributed by atoms with Gasteiger partial charge in [-0.2, -0.15) is 0 Å². The van der Waals surface area contributed by atoms with Crippen LogP contribution in [0.15, 0.2) is 18.2 Å². The molecule has 1 aromatic rings. The SMILES string of the molecule is COc1ccc(C)cc1C1NCCC1=O. The lowest BCUT2D eigenvalue weighted by molar-refractivity contribution is -0.118. The highest BCUT2D eigenvalue weighted by atomic mass is 16.5. The van der Waals surface area contributed by atoms with Crippen LogP contribution in [-0.2, 0) is 4.79 Å². The smallest absolute Gasteiger partial charge is 0.155 e. The summed E-state index contributed by atoms with van der Waals surface area (Å²) in [5, 5.41) is 3.20. The van der Waals surface area contributed by atoms with Gasteiger partial charge in [0, 0.05) is 18.5 Å². The summed E-state index contributed by atoms with van der Waals surface area (Å²) in [6.07, 6.45) is 0.613. The van der Waals surface area contributed by atoms with Gasteiger partial charge in [0.15, 0.2) is 5.78 Å². The molecule has 3 heteroatoms. The Morgan fingerprint density at radius 3 is 2.87 bits per heavy atom. The van der Waals surface area contributed by atoms with Gasteiger partial charge in [-0.15, -0.1) is 0 Å². The molecule has 0 radical (unpaired) electrons. The van der Waals surface area contributed by atoms with Crippen molar-refractivity contribution in [2.75, 3.05) is 13.7 Å². The molecule has 0 aliphatic carbocycles. The summed E-state index contributed by atoms with van der Waals surface area (Å²) in [6.45, 7) is 2.78. The first kappa shape index (κ1) is 10.2. The Kier molecular flexibility index (Phi) is 2.73. The summed E-state index contributed by atoms with van der Waals surface area (Å²) in [7, 11) is 1.63. The summed E-state index contributed by atoms with van der Waals surface area (Å²) in [4.78, 5) is 11.6. The number of aryl methyl sites for hydroxylation is 1. The third-order valence-electron chi connectivity index (χ3n) is 2.74. The van der Waals surface area contributed by atoms with Crippen molar-refractivity contribution in [3.63, 3.8) is 0 Å². The molecule has 0 spiro atoms. The van der Waals surface area contributed by atoms with Crippen molar-refractivity contribution in [2.45, 2.75) is 19.4 Å². The number of carbonyl (C=O) groups excluding carboxylic acids is 1. The molecule has 15 heavy (non-hydrogen) atoms. The fraction of sp³-hybridized carbons (Fsp3) is 0.417. The minimum Gasteiger partial charge on any atom is -0.496 e. The van der Waals surface area contributed by atoms with E-state index in [1.54, 1.807) is 7.11 Å². The quantitative estimate of drug-likeness (QED) is 0.797. The number of rotatable bonds is 2. The lowest BCUT2D eigenvalue weighted by atomic mass is 10.0. The van der Waals surface area contributed by atoms with Crippen LogP contribution in [0.5, 0.6) is 5.75 Å². The third-order valence-corrected chi connectivity index (χ3v) is 2.74. The Bertz CT molecular complexity index is 387. The van der Waals surface area contributed by atoms with Crippen LogP contribution < -0.4 is 10.1 Å². The van der Waals surface area contributed by atoms with Crippen LogP contribution in [0, 0.1) is 6.92 Å². The van der Waals surface area contributed by atoms with Crippen molar-refractivity contribution in [1.29, 1.82) is 0 Å². The highest BCUT2D eigenvalue weighted by Crippen LogP contribution is 2.29. The largest absolute Gasteiger partial charge is 0.496 e. The molecule has 0 aromatic heterocycles. The molecule has 1 aliphatic heterocycles. The number of ether oxygens (including phenoxy) is 1. The van der Waals surface area contributed by atoms with Crippen molar-refractivity contribution in [3.8, 4) is 5.75 Å². The maximum Gasteiger partial charge on any atom is 0.155 e. The molecular weight excluding hydrogens is 190 g/mol. The van der Waals surface area contributed by atoms with E-state index in [0.717, 1.165) is 23.4 Å². The Morgan fingerprint density at radius 2 is 2.27 bits per heavy atom. The Balaban J connectivity index is 2.40. The van der Waals surface area contributed by atoms with Gasteiger partial charge < -0.3 is 10.1 Å². The monoisotopic (exact) mass is 205 g/mol.